The Balaban J connectivity index is 1.89. The van der Waals surface area contributed by atoms with Crippen molar-refractivity contribution in [2.75, 3.05) is 6.61 Å². The second kappa shape index (κ2) is 4.86. The summed E-state index contributed by atoms with van der Waals surface area (Å²) in [6, 6.07) is 0. The monoisotopic (exact) mass is 170 g/mol. The molecule has 1 saturated heterocycles. The lowest BCUT2D eigenvalue weighted by Gasteiger charge is -2.07. The number of ether oxygens (including phenoxy) is 1. The maximum atomic E-state index is 5.45. The average molecular weight is 170 g/mol. The van der Waals surface area contributed by atoms with E-state index in [1.807, 2.05) is 0 Å². The lowest BCUT2D eigenvalue weighted by Crippen LogP contribution is -2.08. The van der Waals surface area contributed by atoms with Crippen molar-refractivity contribution in [3.05, 3.63) is 0 Å². The summed E-state index contributed by atoms with van der Waals surface area (Å²) in [6.45, 7) is 5.52. The van der Waals surface area contributed by atoms with Crippen molar-refractivity contribution in [1.29, 1.82) is 0 Å². The highest BCUT2D eigenvalue weighted by Crippen LogP contribution is 2.35. The zero-order chi connectivity index (χ0) is 8.86. The van der Waals surface area contributed by atoms with E-state index in [2.05, 4.69) is 13.8 Å². The zero-order valence-electron chi connectivity index (χ0n) is 8.57. The summed E-state index contributed by atoms with van der Waals surface area (Å²) >= 11 is 0. The Hall–Kier alpha value is -0.0400. The first-order valence-corrected chi connectivity index (χ1v) is 5.47. The van der Waals surface area contributed by atoms with Gasteiger partial charge in [-0.2, -0.15) is 0 Å². The normalized spacial score (nSPS) is 27.5. The molecule has 0 aliphatic carbocycles. The molecule has 0 aromatic heterocycles. The highest BCUT2D eigenvalue weighted by Gasteiger charge is 2.41. The van der Waals surface area contributed by atoms with Crippen LogP contribution in [0, 0.1) is 0 Å². The van der Waals surface area contributed by atoms with Gasteiger partial charge in [0.05, 0.1) is 12.2 Å². The molecule has 1 heterocycles. The van der Waals surface area contributed by atoms with Gasteiger partial charge in [-0.25, -0.2) is 0 Å². The Morgan fingerprint density at radius 2 is 1.75 bits per heavy atom. The van der Waals surface area contributed by atoms with Crippen LogP contribution in [0.25, 0.3) is 0 Å². The number of hydrogen-bond acceptors (Lipinski definition) is 1. The number of hydrogen-bond donors (Lipinski definition) is 0. The summed E-state index contributed by atoms with van der Waals surface area (Å²) in [5.41, 5.74) is 0.339. The minimum Gasteiger partial charge on any atom is -0.370 e. The van der Waals surface area contributed by atoms with E-state index in [0.717, 1.165) is 6.61 Å². The predicted octanol–water partition coefficient (Wildman–Crippen LogP) is 3.53. The van der Waals surface area contributed by atoms with Crippen molar-refractivity contribution in [1.82, 2.24) is 0 Å². The van der Waals surface area contributed by atoms with Crippen LogP contribution in [0.1, 0.15) is 58.8 Å². The highest BCUT2D eigenvalue weighted by atomic mass is 16.6. The van der Waals surface area contributed by atoms with Crippen LogP contribution in [0.4, 0.5) is 0 Å². The molecule has 0 radical (unpaired) electrons. The molecule has 12 heavy (non-hydrogen) atoms. The van der Waals surface area contributed by atoms with Gasteiger partial charge in [0.2, 0.25) is 0 Å². The topological polar surface area (TPSA) is 12.5 Å². The van der Waals surface area contributed by atoms with Crippen LogP contribution in [0.15, 0.2) is 0 Å². The molecule has 0 N–H and O–H groups in total. The van der Waals surface area contributed by atoms with Gasteiger partial charge in [0.1, 0.15) is 0 Å². The van der Waals surface area contributed by atoms with Gasteiger partial charge in [-0.3, -0.25) is 0 Å². The molecular weight excluding hydrogens is 148 g/mol. The minimum atomic E-state index is 0.339. The first kappa shape index (κ1) is 10.0. The largest absolute Gasteiger partial charge is 0.370 e. The Bertz CT molecular complexity index is 116. The fourth-order valence-electron chi connectivity index (χ4n) is 1.68. The molecule has 1 atom stereocenters. The third kappa shape index (κ3) is 3.14. The van der Waals surface area contributed by atoms with Gasteiger partial charge < -0.3 is 4.74 Å². The molecule has 1 fully saturated rings. The molecular formula is C11H22O. The van der Waals surface area contributed by atoms with E-state index in [1.54, 1.807) is 0 Å². The SMILES string of the molecule is CCCCCCCC1(CC)CO1. The van der Waals surface area contributed by atoms with E-state index in [1.165, 1.54) is 44.9 Å². The first-order chi connectivity index (χ1) is 5.83. The summed E-state index contributed by atoms with van der Waals surface area (Å²) in [4.78, 5) is 0. The van der Waals surface area contributed by atoms with Gasteiger partial charge in [-0.05, 0) is 12.8 Å². The molecule has 0 spiro atoms. The summed E-state index contributed by atoms with van der Waals surface area (Å²) in [7, 11) is 0. The average Bonchev–Trinajstić information content (AvgIpc) is 2.85. The fourth-order valence-corrected chi connectivity index (χ4v) is 1.68. The van der Waals surface area contributed by atoms with Crippen molar-refractivity contribution < 1.29 is 4.74 Å². The zero-order valence-corrected chi connectivity index (χ0v) is 8.57. The van der Waals surface area contributed by atoms with Crippen molar-refractivity contribution >= 4 is 0 Å². The third-order valence-corrected chi connectivity index (χ3v) is 2.93. The lowest BCUT2D eigenvalue weighted by molar-refractivity contribution is 0.274. The van der Waals surface area contributed by atoms with Crippen molar-refractivity contribution in [2.45, 2.75) is 64.4 Å². The summed E-state index contributed by atoms with van der Waals surface area (Å²) in [5.74, 6) is 0. The van der Waals surface area contributed by atoms with E-state index in [9.17, 15) is 0 Å². The second-order valence-corrected chi connectivity index (χ2v) is 3.99. The third-order valence-electron chi connectivity index (χ3n) is 2.93. The maximum Gasteiger partial charge on any atom is 0.0914 e. The summed E-state index contributed by atoms with van der Waals surface area (Å²) in [5, 5.41) is 0. The Labute approximate surface area is 76.5 Å². The van der Waals surface area contributed by atoms with Crippen LogP contribution < -0.4 is 0 Å². The molecule has 1 rings (SSSR count). The highest BCUT2D eigenvalue weighted by molar-refractivity contribution is 4.90. The molecule has 72 valence electrons. The molecule has 0 bridgehead atoms. The van der Waals surface area contributed by atoms with Crippen LogP contribution in [0.3, 0.4) is 0 Å². The summed E-state index contributed by atoms with van der Waals surface area (Å²) < 4.78 is 5.45. The molecule has 0 saturated carbocycles. The molecule has 1 heteroatoms. The van der Waals surface area contributed by atoms with Gasteiger partial charge in [-0.1, -0.05) is 46.0 Å². The van der Waals surface area contributed by atoms with E-state index in [-0.39, 0.29) is 0 Å². The molecule has 1 nitrogen and oxygen atoms in total. The summed E-state index contributed by atoms with van der Waals surface area (Å²) in [6.07, 6.45) is 9.44. The molecule has 1 aliphatic heterocycles. The molecule has 1 aliphatic rings. The van der Waals surface area contributed by atoms with Crippen LogP contribution in [0.5, 0.6) is 0 Å². The number of epoxide rings is 1. The van der Waals surface area contributed by atoms with Crippen LogP contribution in [0.2, 0.25) is 0 Å². The van der Waals surface area contributed by atoms with Gasteiger partial charge in [0, 0.05) is 0 Å². The van der Waals surface area contributed by atoms with E-state index < -0.39 is 0 Å². The van der Waals surface area contributed by atoms with Crippen LogP contribution >= 0.6 is 0 Å². The van der Waals surface area contributed by atoms with E-state index in [4.69, 9.17) is 4.74 Å². The minimum absolute atomic E-state index is 0.339. The van der Waals surface area contributed by atoms with Gasteiger partial charge in [-0.15, -0.1) is 0 Å². The van der Waals surface area contributed by atoms with E-state index in [0.29, 0.717) is 5.60 Å². The number of unbranched alkanes of at least 4 members (excludes halogenated alkanes) is 4. The smallest absolute Gasteiger partial charge is 0.0914 e. The van der Waals surface area contributed by atoms with Crippen LogP contribution in [-0.4, -0.2) is 12.2 Å². The van der Waals surface area contributed by atoms with E-state index >= 15 is 0 Å². The standard InChI is InChI=1S/C11H22O/c1-3-5-6-7-8-9-11(4-2)10-12-11/h3-10H2,1-2H3. The second-order valence-electron chi connectivity index (χ2n) is 3.99. The Morgan fingerprint density at radius 3 is 2.25 bits per heavy atom. The van der Waals surface area contributed by atoms with Gasteiger partial charge in [0.25, 0.3) is 0 Å². The quantitative estimate of drug-likeness (QED) is 0.420. The lowest BCUT2D eigenvalue weighted by atomic mass is 9.99. The maximum absolute atomic E-state index is 5.45. The molecule has 0 amide bonds. The van der Waals surface area contributed by atoms with Crippen molar-refractivity contribution in [2.24, 2.45) is 0 Å². The van der Waals surface area contributed by atoms with Crippen molar-refractivity contribution in [3.63, 3.8) is 0 Å². The van der Waals surface area contributed by atoms with Gasteiger partial charge in [0.15, 0.2) is 0 Å². The number of rotatable bonds is 7. The Kier molecular flexibility index (Phi) is 4.07. The molecule has 0 aromatic carbocycles. The van der Waals surface area contributed by atoms with Crippen LogP contribution in [-0.2, 0) is 4.74 Å². The molecule has 1 unspecified atom stereocenters. The molecule has 0 aromatic rings. The van der Waals surface area contributed by atoms with Gasteiger partial charge >= 0.3 is 0 Å². The first-order valence-electron chi connectivity index (χ1n) is 5.47. The fraction of sp³-hybridized carbons (Fsp3) is 1.00. The predicted molar refractivity (Wildman–Crippen MR) is 52.4 cm³/mol. The van der Waals surface area contributed by atoms with Crippen molar-refractivity contribution in [3.8, 4) is 0 Å². The Morgan fingerprint density at radius 1 is 1.08 bits per heavy atom.